The summed E-state index contributed by atoms with van der Waals surface area (Å²) in [5, 5.41) is 7.69. The number of piperidine rings is 1. The number of nitrogens with zero attached hydrogens (tertiary/aromatic N) is 1. The van der Waals surface area contributed by atoms with Gasteiger partial charge in [0.2, 0.25) is 0 Å². The Morgan fingerprint density at radius 1 is 1.00 bits per heavy atom. The minimum absolute atomic E-state index is 0.598. The van der Waals surface area contributed by atoms with Gasteiger partial charge < -0.3 is 15.5 Å². The lowest BCUT2D eigenvalue weighted by Gasteiger charge is -2.29. The van der Waals surface area contributed by atoms with E-state index in [2.05, 4.69) is 39.8 Å². The van der Waals surface area contributed by atoms with Crippen LogP contribution in [-0.4, -0.2) is 24.2 Å². The van der Waals surface area contributed by atoms with Crippen LogP contribution in [0.25, 0.3) is 0 Å². The first-order valence-electron chi connectivity index (χ1n) is 9.20. The van der Waals surface area contributed by atoms with Crippen LogP contribution in [0.4, 0.5) is 11.4 Å². The van der Waals surface area contributed by atoms with E-state index in [4.69, 9.17) is 12.2 Å². The highest BCUT2D eigenvalue weighted by Gasteiger charge is 2.39. The van der Waals surface area contributed by atoms with E-state index in [1.54, 1.807) is 0 Å². The second-order valence-electron chi connectivity index (χ2n) is 7.47. The fourth-order valence-corrected chi connectivity index (χ4v) is 4.93. The van der Waals surface area contributed by atoms with Gasteiger partial charge in [0.15, 0.2) is 5.11 Å². The van der Waals surface area contributed by atoms with Gasteiger partial charge in [0.05, 0.1) is 0 Å². The van der Waals surface area contributed by atoms with Crippen molar-refractivity contribution in [3.63, 3.8) is 0 Å². The maximum absolute atomic E-state index is 5.51. The van der Waals surface area contributed by atoms with Crippen molar-refractivity contribution in [3.05, 3.63) is 24.3 Å². The predicted molar refractivity (Wildman–Crippen MR) is 101 cm³/mol. The molecule has 0 spiro atoms. The summed E-state index contributed by atoms with van der Waals surface area (Å²) in [5.74, 6) is 1.80. The molecule has 3 fully saturated rings. The number of anilines is 2. The lowest BCUT2D eigenvalue weighted by Crippen LogP contribution is -2.40. The highest BCUT2D eigenvalue weighted by molar-refractivity contribution is 7.80. The summed E-state index contributed by atoms with van der Waals surface area (Å²) >= 11 is 5.51. The smallest absolute Gasteiger partial charge is 0.171 e. The van der Waals surface area contributed by atoms with Crippen molar-refractivity contribution in [2.45, 2.75) is 51.0 Å². The van der Waals surface area contributed by atoms with Gasteiger partial charge in [0, 0.05) is 30.5 Å². The van der Waals surface area contributed by atoms with E-state index in [1.807, 2.05) is 0 Å². The summed E-state index contributed by atoms with van der Waals surface area (Å²) in [7, 11) is 0. The monoisotopic (exact) mass is 329 g/mol. The highest BCUT2D eigenvalue weighted by atomic mass is 32.1. The summed E-state index contributed by atoms with van der Waals surface area (Å²) in [4.78, 5) is 2.49. The van der Waals surface area contributed by atoms with Crippen LogP contribution >= 0.6 is 12.2 Å². The Kier molecular flexibility index (Phi) is 4.43. The van der Waals surface area contributed by atoms with Crippen LogP contribution in [0.3, 0.4) is 0 Å². The molecule has 0 amide bonds. The molecule has 1 aromatic rings. The van der Waals surface area contributed by atoms with Crippen molar-refractivity contribution in [3.8, 4) is 0 Å². The Bertz CT molecular complexity index is 550. The number of rotatable bonds is 3. The Hall–Kier alpha value is -1.29. The third kappa shape index (κ3) is 3.47. The van der Waals surface area contributed by atoms with E-state index >= 15 is 0 Å². The standard InChI is InChI=1S/C19H27N3S/c23-19(21-18-13-14-4-5-15(18)12-14)20-16-6-8-17(9-7-16)22-10-2-1-3-11-22/h6-9,14-15,18H,1-5,10-13H2,(H2,20,21,23)/t14-,15-,18-/m1/s1. The molecule has 2 N–H and O–H groups in total. The van der Waals surface area contributed by atoms with E-state index in [-0.39, 0.29) is 0 Å². The van der Waals surface area contributed by atoms with Gasteiger partial charge in [-0.2, -0.15) is 0 Å². The fraction of sp³-hybridized carbons (Fsp3) is 0.632. The fourth-order valence-electron chi connectivity index (χ4n) is 4.66. The summed E-state index contributed by atoms with van der Waals surface area (Å²) < 4.78 is 0. The molecule has 1 saturated heterocycles. The van der Waals surface area contributed by atoms with Crippen LogP contribution in [0.15, 0.2) is 24.3 Å². The average molecular weight is 330 g/mol. The average Bonchev–Trinajstić information content (AvgIpc) is 3.19. The van der Waals surface area contributed by atoms with Crippen LogP contribution < -0.4 is 15.5 Å². The molecule has 23 heavy (non-hydrogen) atoms. The number of hydrogen-bond donors (Lipinski definition) is 2. The minimum atomic E-state index is 0.598. The molecule has 0 aromatic heterocycles. The quantitative estimate of drug-likeness (QED) is 0.815. The Morgan fingerprint density at radius 3 is 2.43 bits per heavy atom. The number of hydrogen-bond acceptors (Lipinski definition) is 2. The predicted octanol–water partition coefficient (Wildman–Crippen LogP) is 4.15. The molecule has 2 aliphatic carbocycles. The molecule has 4 rings (SSSR count). The molecular formula is C19H27N3S. The maximum Gasteiger partial charge on any atom is 0.171 e. The number of fused-ring (bicyclic) bond motifs is 2. The molecule has 2 saturated carbocycles. The van der Waals surface area contributed by atoms with E-state index < -0.39 is 0 Å². The molecule has 3 atom stereocenters. The van der Waals surface area contributed by atoms with Gasteiger partial charge in [0.25, 0.3) is 0 Å². The summed E-state index contributed by atoms with van der Waals surface area (Å²) in [6.07, 6.45) is 9.54. The number of benzene rings is 1. The summed E-state index contributed by atoms with van der Waals surface area (Å²) in [5.41, 5.74) is 2.42. The van der Waals surface area contributed by atoms with Crippen LogP contribution in [0, 0.1) is 11.8 Å². The first-order chi connectivity index (χ1) is 11.3. The second kappa shape index (κ2) is 6.68. The van der Waals surface area contributed by atoms with Gasteiger partial charge in [-0.15, -0.1) is 0 Å². The molecule has 0 radical (unpaired) electrons. The van der Waals surface area contributed by atoms with E-state index in [0.29, 0.717) is 6.04 Å². The lowest BCUT2D eigenvalue weighted by molar-refractivity contribution is 0.392. The van der Waals surface area contributed by atoms with E-state index in [9.17, 15) is 0 Å². The molecule has 1 heterocycles. The van der Waals surface area contributed by atoms with Crippen molar-refractivity contribution >= 4 is 28.7 Å². The Labute approximate surface area is 144 Å². The topological polar surface area (TPSA) is 27.3 Å². The maximum atomic E-state index is 5.51. The Balaban J connectivity index is 1.30. The zero-order valence-electron chi connectivity index (χ0n) is 13.8. The molecule has 2 bridgehead atoms. The molecule has 0 unspecified atom stereocenters. The third-order valence-electron chi connectivity index (χ3n) is 5.90. The van der Waals surface area contributed by atoms with Crippen LogP contribution in [0.1, 0.15) is 44.9 Å². The second-order valence-corrected chi connectivity index (χ2v) is 7.88. The van der Waals surface area contributed by atoms with Gasteiger partial charge in [0.1, 0.15) is 0 Å². The minimum Gasteiger partial charge on any atom is -0.372 e. The van der Waals surface area contributed by atoms with Crippen LogP contribution in [-0.2, 0) is 0 Å². The lowest BCUT2D eigenvalue weighted by atomic mass is 9.96. The van der Waals surface area contributed by atoms with Gasteiger partial charge in [-0.25, -0.2) is 0 Å². The third-order valence-corrected chi connectivity index (χ3v) is 6.12. The van der Waals surface area contributed by atoms with Crippen molar-refractivity contribution < 1.29 is 0 Å². The summed E-state index contributed by atoms with van der Waals surface area (Å²) in [6, 6.07) is 9.33. The molecule has 124 valence electrons. The first kappa shape index (κ1) is 15.3. The zero-order valence-corrected chi connectivity index (χ0v) is 14.6. The zero-order chi connectivity index (χ0) is 15.6. The first-order valence-corrected chi connectivity index (χ1v) is 9.61. The van der Waals surface area contributed by atoms with Gasteiger partial charge >= 0.3 is 0 Å². The van der Waals surface area contributed by atoms with E-state index in [0.717, 1.165) is 22.6 Å². The SMILES string of the molecule is S=C(Nc1ccc(N2CCCCC2)cc1)N[C@@H]1C[C@@H]2CC[C@@H]1C2. The molecular weight excluding hydrogens is 302 g/mol. The molecule has 3 nitrogen and oxygen atoms in total. The largest absolute Gasteiger partial charge is 0.372 e. The molecule has 1 aromatic carbocycles. The van der Waals surface area contributed by atoms with Gasteiger partial charge in [-0.05, 0) is 86.8 Å². The van der Waals surface area contributed by atoms with Gasteiger partial charge in [-0.3, -0.25) is 0 Å². The Morgan fingerprint density at radius 2 is 1.78 bits per heavy atom. The summed E-state index contributed by atoms with van der Waals surface area (Å²) in [6.45, 7) is 2.38. The van der Waals surface area contributed by atoms with Crippen molar-refractivity contribution in [1.29, 1.82) is 0 Å². The van der Waals surface area contributed by atoms with Gasteiger partial charge in [-0.1, -0.05) is 6.42 Å². The number of thiocarbonyl (C=S) groups is 1. The normalized spacial score (nSPS) is 29.6. The van der Waals surface area contributed by atoms with Crippen LogP contribution in [0.5, 0.6) is 0 Å². The molecule has 4 heteroatoms. The molecule has 3 aliphatic rings. The number of nitrogens with one attached hydrogen (secondary N) is 2. The van der Waals surface area contributed by atoms with Crippen molar-refractivity contribution in [2.75, 3.05) is 23.3 Å². The highest BCUT2D eigenvalue weighted by Crippen LogP contribution is 2.44. The molecule has 1 aliphatic heterocycles. The van der Waals surface area contributed by atoms with Crippen molar-refractivity contribution in [2.24, 2.45) is 11.8 Å². The van der Waals surface area contributed by atoms with Crippen LogP contribution in [0.2, 0.25) is 0 Å². The van der Waals surface area contributed by atoms with Crippen molar-refractivity contribution in [1.82, 2.24) is 5.32 Å². The van der Waals surface area contributed by atoms with E-state index in [1.165, 1.54) is 63.7 Å².